The van der Waals surface area contributed by atoms with Gasteiger partial charge in [0, 0.05) is 23.8 Å². The van der Waals surface area contributed by atoms with Gasteiger partial charge in [0.2, 0.25) is 0 Å². The number of fused-ring (bicyclic) bond motifs is 1. The van der Waals surface area contributed by atoms with Crippen LogP contribution in [0.2, 0.25) is 0 Å². The van der Waals surface area contributed by atoms with Crippen LogP contribution in [0.25, 0.3) is 4.96 Å². The topological polar surface area (TPSA) is 43.3 Å². The number of hydrogen-bond acceptors (Lipinski definition) is 3. The molecule has 0 bridgehead atoms. The average molecular weight is 249 g/mol. The van der Waals surface area contributed by atoms with Crippen molar-refractivity contribution in [2.75, 3.05) is 0 Å². The molecule has 4 heteroatoms. The summed E-state index contributed by atoms with van der Waals surface area (Å²) in [4.78, 5) is 5.75. The molecule has 0 radical (unpaired) electrons. The van der Waals surface area contributed by atoms with Gasteiger partial charge in [0.05, 0.1) is 5.69 Å². The van der Waals surface area contributed by atoms with Crippen LogP contribution in [0.1, 0.15) is 31.9 Å². The van der Waals surface area contributed by atoms with E-state index in [4.69, 9.17) is 5.73 Å². The molecule has 3 nitrogen and oxygen atoms in total. The normalized spacial score (nSPS) is 29.9. The highest BCUT2D eigenvalue weighted by atomic mass is 32.1. The molecule has 1 aliphatic rings. The SMILES string of the molecule is CC1CCC(N)C(Cc2cn3ccsc3n2)C1. The summed E-state index contributed by atoms with van der Waals surface area (Å²) in [5, 5.41) is 2.07. The largest absolute Gasteiger partial charge is 0.327 e. The summed E-state index contributed by atoms with van der Waals surface area (Å²) in [6.45, 7) is 2.34. The average Bonchev–Trinajstić information content (AvgIpc) is 2.83. The number of hydrogen-bond donors (Lipinski definition) is 1. The lowest BCUT2D eigenvalue weighted by Crippen LogP contribution is -2.36. The zero-order valence-electron chi connectivity index (χ0n) is 10.2. The van der Waals surface area contributed by atoms with Crippen molar-refractivity contribution in [1.82, 2.24) is 9.38 Å². The van der Waals surface area contributed by atoms with Gasteiger partial charge in [-0.05, 0) is 37.5 Å². The van der Waals surface area contributed by atoms with E-state index >= 15 is 0 Å². The first-order valence-electron chi connectivity index (χ1n) is 6.39. The van der Waals surface area contributed by atoms with Crippen molar-refractivity contribution < 1.29 is 0 Å². The van der Waals surface area contributed by atoms with Crippen molar-refractivity contribution in [3.05, 3.63) is 23.5 Å². The molecule has 2 aromatic heterocycles. The highest BCUT2D eigenvalue weighted by Crippen LogP contribution is 2.30. The lowest BCUT2D eigenvalue weighted by molar-refractivity contribution is 0.243. The van der Waals surface area contributed by atoms with Gasteiger partial charge in [-0.1, -0.05) is 6.92 Å². The Morgan fingerprint density at radius 2 is 2.41 bits per heavy atom. The van der Waals surface area contributed by atoms with Gasteiger partial charge in [0.15, 0.2) is 4.96 Å². The molecule has 0 saturated heterocycles. The fraction of sp³-hybridized carbons (Fsp3) is 0.615. The Hall–Kier alpha value is -0.870. The summed E-state index contributed by atoms with van der Waals surface area (Å²) >= 11 is 1.69. The maximum absolute atomic E-state index is 6.23. The summed E-state index contributed by atoms with van der Waals surface area (Å²) in [6.07, 6.45) is 8.98. The van der Waals surface area contributed by atoms with Gasteiger partial charge in [0.1, 0.15) is 0 Å². The minimum Gasteiger partial charge on any atom is -0.327 e. The van der Waals surface area contributed by atoms with E-state index < -0.39 is 0 Å². The minimum atomic E-state index is 0.367. The molecule has 0 spiro atoms. The van der Waals surface area contributed by atoms with Gasteiger partial charge < -0.3 is 5.73 Å². The first-order valence-corrected chi connectivity index (χ1v) is 7.27. The summed E-state index contributed by atoms with van der Waals surface area (Å²) in [6, 6.07) is 0.367. The first-order chi connectivity index (χ1) is 8.22. The Balaban J connectivity index is 1.75. The van der Waals surface area contributed by atoms with Crippen molar-refractivity contribution in [2.45, 2.75) is 38.6 Å². The molecule has 2 heterocycles. The van der Waals surface area contributed by atoms with Crippen LogP contribution in [0, 0.1) is 11.8 Å². The van der Waals surface area contributed by atoms with Crippen molar-refractivity contribution >= 4 is 16.3 Å². The van der Waals surface area contributed by atoms with Crippen molar-refractivity contribution in [3.63, 3.8) is 0 Å². The van der Waals surface area contributed by atoms with Crippen LogP contribution < -0.4 is 5.73 Å². The van der Waals surface area contributed by atoms with E-state index in [-0.39, 0.29) is 0 Å². The predicted molar refractivity (Wildman–Crippen MR) is 71.3 cm³/mol. The molecule has 3 unspecified atom stereocenters. The van der Waals surface area contributed by atoms with Crippen molar-refractivity contribution in [1.29, 1.82) is 0 Å². The van der Waals surface area contributed by atoms with Gasteiger partial charge in [-0.3, -0.25) is 4.40 Å². The molecular formula is C13H19N3S. The maximum atomic E-state index is 6.23. The second-order valence-corrected chi connectivity index (χ2v) is 6.24. The zero-order chi connectivity index (χ0) is 11.8. The second-order valence-electron chi connectivity index (χ2n) is 5.37. The van der Waals surface area contributed by atoms with E-state index in [1.54, 1.807) is 11.3 Å². The van der Waals surface area contributed by atoms with Crippen molar-refractivity contribution in [3.8, 4) is 0 Å². The third kappa shape index (κ3) is 2.24. The van der Waals surface area contributed by atoms with Crippen molar-refractivity contribution in [2.24, 2.45) is 17.6 Å². The Morgan fingerprint density at radius 1 is 1.53 bits per heavy atom. The van der Waals surface area contributed by atoms with Gasteiger partial charge in [0.25, 0.3) is 0 Å². The molecule has 1 saturated carbocycles. The lowest BCUT2D eigenvalue weighted by atomic mass is 9.77. The van der Waals surface area contributed by atoms with E-state index in [1.807, 2.05) is 0 Å². The summed E-state index contributed by atoms with van der Waals surface area (Å²) in [5.74, 6) is 1.44. The van der Waals surface area contributed by atoms with E-state index in [9.17, 15) is 0 Å². The zero-order valence-corrected chi connectivity index (χ0v) is 11.0. The molecule has 0 aromatic carbocycles. The van der Waals surface area contributed by atoms with Gasteiger partial charge >= 0.3 is 0 Å². The highest BCUT2D eigenvalue weighted by Gasteiger charge is 2.26. The van der Waals surface area contributed by atoms with Crippen LogP contribution >= 0.6 is 11.3 Å². The third-order valence-electron chi connectivity index (χ3n) is 3.92. The molecule has 1 aliphatic carbocycles. The smallest absolute Gasteiger partial charge is 0.193 e. The van der Waals surface area contributed by atoms with Gasteiger partial charge in [-0.25, -0.2) is 4.98 Å². The first kappa shape index (κ1) is 11.2. The number of imidazole rings is 1. The molecule has 2 N–H and O–H groups in total. The Bertz CT molecular complexity index is 473. The molecule has 3 rings (SSSR count). The quantitative estimate of drug-likeness (QED) is 0.889. The Labute approximate surface area is 106 Å². The number of rotatable bonds is 2. The van der Waals surface area contributed by atoms with Crippen LogP contribution in [-0.4, -0.2) is 15.4 Å². The standard InChI is InChI=1S/C13H19N3S/c1-9-2-3-12(14)10(6-9)7-11-8-16-4-5-17-13(16)15-11/h4-5,8-10,12H,2-3,6-7,14H2,1H3. The highest BCUT2D eigenvalue weighted by molar-refractivity contribution is 7.15. The predicted octanol–water partition coefficient (Wildman–Crippen LogP) is 2.70. The molecule has 0 amide bonds. The maximum Gasteiger partial charge on any atom is 0.193 e. The lowest BCUT2D eigenvalue weighted by Gasteiger charge is -2.32. The molecule has 92 valence electrons. The molecule has 0 aliphatic heterocycles. The van der Waals surface area contributed by atoms with Crippen LogP contribution in [0.3, 0.4) is 0 Å². The Kier molecular flexibility index (Phi) is 2.92. The van der Waals surface area contributed by atoms with E-state index in [0.717, 1.165) is 17.3 Å². The number of thiazole rings is 1. The summed E-state index contributed by atoms with van der Waals surface area (Å²) in [5.41, 5.74) is 7.43. The van der Waals surface area contributed by atoms with Gasteiger partial charge in [-0.2, -0.15) is 0 Å². The summed E-state index contributed by atoms with van der Waals surface area (Å²) in [7, 11) is 0. The Morgan fingerprint density at radius 3 is 3.24 bits per heavy atom. The van der Waals surface area contributed by atoms with Crippen LogP contribution in [0.4, 0.5) is 0 Å². The van der Waals surface area contributed by atoms with E-state index in [2.05, 4.69) is 34.1 Å². The van der Waals surface area contributed by atoms with Gasteiger partial charge in [-0.15, -0.1) is 11.3 Å². The van der Waals surface area contributed by atoms with Crippen LogP contribution in [0.15, 0.2) is 17.8 Å². The van der Waals surface area contributed by atoms with Crippen LogP contribution in [0.5, 0.6) is 0 Å². The monoisotopic (exact) mass is 249 g/mol. The molecule has 1 fully saturated rings. The summed E-state index contributed by atoms with van der Waals surface area (Å²) < 4.78 is 2.11. The fourth-order valence-electron chi connectivity index (χ4n) is 2.90. The minimum absolute atomic E-state index is 0.367. The number of aromatic nitrogens is 2. The van der Waals surface area contributed by atoms with E-state index in [1.165, 1.54) is 25.0 Å². The second kappa shape index (κ2) is 4.42. The molecule has 17 heavy (non-hydrogen) atoms. The molecule has 3 atom stereocenters. The molecule has 2 aromatic rings. The number of nitrogens with two attached hydrogens (primary N) is 1. The van der Waals surface area contributed by atoms with E-state index in [0.29, 0.717) is 12.0 Å². The third-order valence-corrected chi connectivity index (χ3v) is 4.69. The van der Waals surface area contributed by atoms with Crippen LogP contribution in [-0.2, 0) is 6.42 Å². The fourth-order valence-corrected chi connectivity index (χ4v) is 3.62. The number of nitrogens with zero attached hydrogens (tertiary/aromatic N) is 2. The molecular weight excluding hydrogens is 230 g/mol.